The largest absolute Gasteiger partial charge is 0.497 e. The molecule has 2 N–H and O–H groups in total. The second kappa shape index (κ2) is 5.31. The molecule has 3 rings (SSSR count). The minimum absolute atomic E-state index is 0.506. The van der Waals surface area contributed by atoms with Crippen molar-refractivity contribution < 1.29 is 4.74 Å². The molecule has 0 fully saturated rings. The summed E-state index contributed by atoms with van der Waals surface area (Å²) in [6, 6.07) is 18.0. The minimum atomic E-state index is 0.506. The predicted octanol–water partition coefficient (Wildman–Crippen LogP) is 3.37. The topological polar surface area (TPSA) is 48.1 Å². The molecule has 0 atom stereocenters. The molecule has 0 aliphatic carbocycles. The van der Waals surface area contributed by atoms with Gasteiger partial charge in [-0.15, -0.1) is 0 Å². The van der Waals surface area contributed by atoms with Crippen LogP contribution in [0.1, 0.15) is 5.56 Å². The number of para-hydroxylation sites is 1. The molecule has 1 aromatic heterocycles. The number of pyridine rings is 1. The number of ether oxygens (including phenoxy) is 1. The molecule has 3 nitrogen and oxygen atoms in total. The lowest BCUT2D eigenvalue weighted by Crippen LogP contribution is -1.99. The summed E-state index contributed by atoms with van der Waals surface area (Å²) in [7, 11) is 1.66. The Labute approximate surface area is 118 Å². The number of hydrogen-bond acceptors (Lipinski definition) is 3. The van der Waals surface area contributed by atoms with Gasteiger partial charge in [0.15, 0.2) is 0 Å². The van der Waals surface area contributed by atoms with Crippen molar-refractivity contribution in [3.8, 4) is 17.0 Å². The first-order valence-corrected chi connectivity index (χ1v) is 6.55. The Kier molecular flexibility index (Phi) is 3.35. The third kappa shape index (κ3) is 2.24. The summed E-state index contributed by atoms with van der Waals surface area (Å²) >= 11 is 0. The quantitative estimate of drug-likeness (QED) is 0.789. The number of methoxy groups -OCH3 is 1. The first-order chi connectivity index (χ1) is 9.81. The van der Waals surface area contributed by atoms with Gasteiger partial charge in [-0.05, 0) is 42.0 Å². The van der Waals surface area contributed by atoms with E-state index >= 15 is 0 Å². The van der Waals surface area contributed by atoms with Gasteiger partial charge < -0.3 is 10.5 Å². The van der Waals surface area contributed by atoms with Crippen LogP contribution in [0, 0.1) is 0 Å². The Morgan fingerprint density at radius 1 is 1.05 bits per heavy atom. The van der Waals surface area contributed by atoms with Gasteiger partial charge in [0.1, 0.15) is 5.75 Å². The van der Waals surface area contributed by atoms with Crippen LogP contribution in [0.15, 0.2) is 54.6 Å². The van der Waals surface area contributed by atoms with E-state index in [1.807, 2.05) is 42.5 Å². The van der Waals surface area contributed by atoms with Crippen LogP contribution in [-0.4, -0.2) is 12.1 Å². The summed E-state index contributed by atoms with van der Waals surface area (Å²) in [6.45, 7) is 0.506. The number of aromatic nitrogens is 1. The van der Waals surface area contributed by atoms with Crippen LogP contribution < -0.4 is 10.5 Å². The second-order valence-corrected chi connectivity index (χ2v) is 4.62. The molecule has 0 amide bonds. The van der Waals surface area contributed by atoms with E-state index in [9.17, 15) is 0 Å². The lowest BCUT2D eigenvalue weighted by molar-refractivity contribution is 0.415. The van der Waals surface area contributed by atoms with Crippen LogP contribution in [0.2, 0.25) is 0 Å². The van der Waals surface area contributed by atoms with Crippen molar-refractivity contribution in [3.63, 3.8) is 0 Å². The van der Waals surface area contributed by atoms with E-state index in [4.69, 9.17) is 15.5 Å². The van der Waals surface area contributed by atoms with Crippen molar-refractivity contribution in [2.75, 3.05) is 7.11 Å². The van der Waals surface area contributed by atoms with Crippen LogP contribution in [0.5, 0.6) is 5.75 Å². The third-order valence-corrected chi connectivity index (χ3v) is 3.41. The third-order valence-electron chi connectivity index (χ3n) is 3.41. The normalized spacial score (nSPS) is 10.7. The number of nitrogens with two attached hydrogens (primary N) is 1. The second-order valence-electron chi connectivity index (χ2n) is 4.62. The Bertz CT molecular complexity index is 736. The molecule has 0 aliphatic heterocycles. The van der Waals surface area contributed by atoms with E-state index in [0.29, 0.717) is 6.54 Å². The van der Waals surface area contributed by atoms with Crippen molar-refractivity contribution >= 4 is 10.9 Å². The highest BCUT2D eigenvalue weighted by molar-refractivity contribution is 5.85. The van der Waals surface area contributed by atoms with Crippen LogP contribution in [0.3, 0.4) is 0 Å². The van der Waals surface area contributed by atoms with Gasteiger partial charge >= 0.3 is 0 Å². The molecule has 0 saturated carbocycles. The van der Waals surface area contributed by atoms with E-state index in [-0.39, 0.29) is 0 Å². The molecule has 0 bridgehead atoms. The van der Waals surface area contributed by atoms with Crippen molar-refractivity contribution in [2.45, 2.75) is 6.54 Å². The monoisotopic (exact) mass is 264 g/mol. The highest BCUT2D eigenvalue weighted by Gasteiger charge is 2.06. The minimum Gasteiger partial charge on any atom is -0.497 e. The van der Waals surface area contributed by atoms with Crippen molar-refractivity contribution in [3.05, 3.63) is 60.2 Å². The molecule has 0 radical (unpaired) electrons. The SMILES string of the molecule is COc1ccc(-c2cc(CN)c3ccccc3n2)cc1. The maximum absolute atomic E-state index is 5.86. The van der Waals surface area contributed by atoms with Gasteiger partial charge in [0.2, 0.25) is 0 Å². The zero-order valence-electron chi connectivity index (χ0n) is 11.3. The van der Waals surface area contributed by atoms with Gasteiger partial charge in [-0.3, -0.25) is 0 Å². The molecule has 3 aromatic rings. The van der Waals surface area contributed by atoms with Crippen LogP contribution >= 0.6 is 0 Å². The molecule has 0 aliphatic rings. The maximum Gasteiger partial charge on any atom is 0.118 e. The summed E-state index contributed by atoms with van der Waals surface area (Å²) in [5, 5.41) is 1.12. The standard InChI is InChI=1S/C17H16N2O/c1-20-14-8-6-12(7-9-14)17-10-13(11-18)15-4-2-3-5-16(15)19-17/h2-10H,11,18H2,1H3. The number of fused-ring (bicyclic) bond motifs is 1. The molecular formula is C17H16N2O. The zero-order chi connectivity index (χ0) is 13.9. The summed E-state index contributed by atoms with van der Waals surface area (Å²) < 4.78 is 5.18. The van der Waals surface area contributed by atoms with Crippen LogP contribution in [0.25, 0.3) is 22.2 Å². The molecule has 2 aromatic carbocycles. The Morgan fingerprint density at radius 2 is 1.80 bits per heavy atom. The van der Waals surface area contributed by atoms with Gasteiger partial charge in [0.25, 0.3) is 0 Å². The first-order valence-electron chi connectivity index (χ1n) is 6.55. The molecule has 0 unspecified atom stereocenters. The van der Waals surface area contributed by atoms with E-state index in [1.165, 1.54) is 0 Å². The Balaban J connectivity index is 2.15. The summed E-state index contributed by atoms with van der Waals surface area (Å²) in [6.07, 6.45) is 0. The summed E-state index contributed by atoms with van der Waals surface area (Å²) in [5.74, 6) is 0.841. The smallest absolute Gasteiger partial charge is 0.118 e. The first kappa shape index (κ1) is 12.6. The maximum atomic E-state index is 5.86. The summed E-state index contributed by atoms with van der Waals surface area (Å²) in [5.41, 5.74) is 9.94. The van der Waals surface area contributed by atoms with E-state index in [1.54, 1.807) is 7.11 Å². The van der Waals surface area contributed by atoms with Crippen LogP contribution in [0.4, 0.5) is 0 Å². The molecule has 3 heteroatoms. The van der Waals surface area contributed by atoms with Crippen molar-refractivity contribution in [1.82, 2.24) is 4.98 Å². The van der Waals surface area contributed by atoms with E-state index in [2.05, 4.69) is 12.1 Å². The van der Waals surface area contributed by atoms with E-state index < -0.39 is 0 Å². The average Bonchev–Trinajstić information content (AvgIpc) is 2.54. The lowest BCUT2D eigenvalue weighted by Gasteiger charge is -2.09. The van der Waals surface area contributed by atoms with Crippen molar-refractivity contribution in [2.24, 2.45) is 5.73 Å². The van der Waals surface area contributed by atoms with Gasteiger partial charge in [-0.25, -0.2) is 4.98 Å². The fourth-order valence-corrected chi connectivity index (χ4v) is 2.33. The lowest BCUT2D eigenvalue weighted by atomic mass is 10.0. The van der Waals surface area contributed by atoms with Gasteiger partial charge in [-0.2, -0.15) is 0 Å². The fraction of sp³-hybridized carbons (Fsp3) is 0.118. The number of benzene rings is 2. The molecule has 100 valence electrons. The molecule has 0 saturated heterocycles. The highest BCUT2D eigenvalue weighted by Crippen LogP contribution is 2.25. The molecular weight excluding hydrogens is 248 g/mol. The summed E-state index contributed by atoms with van der Waals surface area (Å²) in [4.78, 5) is 4.71. The Morgan fingerprint density at radius 3 is 2.50 bits per heavy atom. The van der Waals surface area contributed by atoms with Gasteiger partial charge in [-0.1, -0.05) is 18.2 Å². The highest BCUT2D eigenvalue weighted by atomic mass is 16.5. The van der Waals surface area contributed by atoms with Gasteiger partial charge in [0.05, 0.1) is 18.3 Å². The Hall–Kier alpha value is -2.39. The van der Waals surface area contributed by atoms with Gasteiger partial charge in [0, 0.05) is 17.5 Å². The van der Waals surface area contributed by atoms with Crippen molar-refractivity contribution in [1.29, 1.82) is 0 Å². The van der Waals surface area contributed by atoms with Crippen LogP contribution in [-0.2, 0) is 6.54 Å². The molecule has 20 heavy (non-hydrogen) atoms. The fourth-order valence-electron chi connectivity index (χ4n) is 2.33. The number of rotatable bonds is 3. The zero-order valence-corrected chi connectivity index (χ0v) is 11.3. The predicted molar refractivity (Wildman–Crippen MR) is 81.6 cm³/mol. The average molecular weight is 264 g/mol. The van der Waals surface area contributed by atoms with E-state index in [0.717, 1.165) is 33.5 Å². The molecule has 1 heterocycles. The number of hydrogen-bond donors (Lipinski definition) is 1. The number of nitrogens with zero attached hydrogens (tertiary/aromatic N) is 1. The molecule has 0 spiro atoms.